The maximum Gasteiger partial charge on any atom is 0.262 e. The highest BCUT2D eigenvalue weighted by Gasteiger charge is 2.43. The van der Waals surface area contributed by atoms with E-state index in [0.717, 1.165) is 87.2 Å². The lowest BCUT2D eigenvalue weighted by Crippen LogP contribution is -2.63. The Hall–Kier alpha value is -4.99. The van der Waals surface area contributed by atoms with Gasteiger partial charge in [0.15, 0.2) is 11.5 Å². The molecule has 0 saturated carbocycles. The molecule has 0 aromatic heterocycles. The second-order valence-corrected chi connectivity index (χ2v) is 19.1. The van der Waals surface area contributed by atoms with E-state index in [-0.39, 0.29) is 28.9 Å². The molecule has 5 heterocycles. The smallest absolute Gasteiger partial charge is 0.262 e. The van der Waals surface area contributed by atoms with Crippen LogP contribution in [0.4, 0.5) is 11.4 Å². The highest BCUT2D eigenvalue weighted by molar-refractivity contribution is 7.90. The Morgan fingerprint density at radius 2 is 1.47 bits per heavy atom. The van der Waals surface area contributed by atoms with Crippen molar-refractivity contribution < 1.29 is 37.1 Å². The number of fused-ring (bicyclic) bond motifs is 1. The third-order valence-corrected chi connectivity index (χ3v) is 14.0. The number of sulfone groups is 1. The van der Waals surface area contributed by atoms with Gasteiger partial charge in [-0.3, -0.25) is 34.3 Å². The quantitative estimate of drug-likeness (QED) is 0.233. The molecule has 5 aliphatic heterocycles. The molecular formula is C45H56N6O8S. The average Bonchev–Trinajstić information content (AvgIpc) is 3.47. The molecular weight excluding hydrogens is 785 g/mol. The van der Waals surface area contributed by atoms with Gasteiger partial charge in [0, 0.05) is 82.5 Å². The van der Waals surface area contributed by atoms with Gasteiger partial charge in [-0.15, -0.1) is 0 Å². The molecule has 1 unspecified atom stereocenters. The molecule has 5 aliphatic rings. The summed E-state index contributed by atoms with van der Waals surface area (Å²) in [5.74, 6) is -0.465. The van der Waals surface area contributed by atoms with E-state index in [0.29, 0.717) is 42.6 Å². The molecule has 0 spiro atoms. The van der Waals surface area contributed by atoms with Crippen LogP contribution in [0.15, 0.2) is 60.7 Å². The lowest BCUT2D eigenvalue weighted by molar-refractivity contribution is -0.134. The number of anilines is 2. The zero-order valence-electron chi connectivity index (χ0n) is 34.8. The molecule has 0 bridgehead atoms. The van der Waals surface area contributed by atoms with Crippen molar-refractivity contribution in [1.82, 2.24) is 20.0 Å². The van der Waals surface area contributed by atoms with E-state index in [1.807, 2.05) is 25.1 Å². The number of piperazine rings is 1. The van der Waals surface area contributed by atoms with Crippen LogP contribution in [0.25, 0.3) is 0 Å². The van der Waals surface area contributed by atoms with Gasteiger partial charge in [0.1, 0.15) is 9.84 Å². The summed E-state index contributed by atoms with van der Waals surface area (Å²) in [6.07, 6.45) is 5.62. The fourth-order valence-corrected chi connectivity index (χ4v) is 10.5. The van der Waals surface area contributed by atoms with E-state index < -0.39 is 33.4 Å². The second kappa shape index (κ2) is 17.5. The first-order chi connectivity index (χ1) is 28.9. The van der Waals surface area contributed by atoms with Crippen molar-refractivity contribution in [2.75, 3.05) is 94.4 Å². The summed E-state index contributed by atoms with van der Waals surface area (Å²) in [4.78, 5) is 62.6. The van der Waals surface area contributed by atoms with Gasteiger partial charge in [-0.25, -0.2) is 8.42 Å². The van der Waals surface area contributed by atoms with Crippen molar-refractivity contribution >= 4 is 44.8 Å². The van der Waals surface area contributed by atoms with Crippen molar-refractivity contribution in [2.45, 2.75) is 57.0 Å². The molecule has 60 heavy (non-hydrogen) atoms. The summed E-state index contributed by atoms with van der Waals surface area (Å²) in [5, 5.41) is 2.46. The minimum absolute atomic E-state index is 0.186. The molecule has 14 nitrogen and oxygen atoms in total. The summed E-state index contributed by atoms with van der Waals surface area (Å²) in [6.45, 7) is 11.0. The minimum atomic E-state index is -3.60. The van der Waals surface area contributed by atoms with Gasteiger partial charge in [-0.05, 0) is 98.7 Å². The third kappa shape index (κ3) is 8.89. The predicted molar refractivity (Wildman–Crippen MR) is 229 cm³/mol. The lowest BCUT2D eigenvalue weighted by Gasteiger charge is -2.49. The van der Waals surface area contributed by atoms with Crippen LogP contribution < -0.4 is 24.6 Å². The van der Waals surface area contributed by atoms with Crippen LogP contribution in [0.1, 0.15) is 82.8 Å². The molecule has 0 radical (unpaired) electrons. The monoisotopic (exact) mass is 840 g/mol. The number of carbonyl (C=O) groups is 4. The number of carbonyl (C=O) groups excluding carboxylic acids is 4. The maximum atomic E-state index is 14.0. The average molecular weight is 841 g/mol. The molecule has 3 aromatic rings. The summed E-state index contributed by atoms with van der Waals surface area (Å²) in [5.41, 5.74) is 4.08. The molecule has 8 rings (SSSR count). The van der Waals surface area contributed by atoms with Crippen LogP contribution in [-0.2, 0) is 19.4 Å². The van der Waals surface area contributed by atoms with E-state index >= 15 is 0 Å². The van der Waals surface area contributed by atoms with E-state index in [1.165, 1.54) is 32.1 Å². The number of imide groups is 2. The number of hydrogen-bond acceptors (Lipinski definition) is 12. The molecule has 320 valence electrons. The summed E-state index contributed by atoms with van der Waals surface area (Å²) >= 11 is 0. The maximum absolute atomic E-state index is 14.0. The van der Waals surface area contributed by atoms with Crippen molar-refractivity contribution in [1.29, 1.82) is 0 Å². The van der Waals surface area contributed by atoms with Crippen LogP contribution in [0.2, 0.25) is 0 Å². The molecule has 4 amide bonds. The Bertz CT molecular complexity index is 2210. The van der Waals surface area contributed by atoms with Crippen LogP contribution in [0.5, 0.6) is 11.5 Å². The van der Waals surface area contributed by atoms with Crippen molar-refractivity contribution in [3.8, 4) is 11.5 Å². The number of rotatable bonds is 14. The van der Waals surface area contributed by atoms with Gasteiger partial charge in [0.05, 0.1) is 42.6 Å². The van der Waals surface area contributed by atoms with Gasteiger partial charge in [-0.2, -0.15) is 0 Å². The highest BCUT2D eigenvalue weighted by atomic mass is 32.2. The van der Waals surface area contributed by atoms with Crippen molar-refractivity contribution in [2.24, 2.45) is 5.92 Å². The third-order valence-electron chi connectivity index (χ3n) is 13.0. The Morgan fingerprint density at radius 3 is 2.13 bits per heavy atom. The number of methoxy groups -OCH3 is 1. The van der Waals surface area contributed by atoms with Gasteiger partial charge in [0.2, 0.25) is 11.8 Å². The molecule has 15 heteroatoms. The van der Waals surface area contributed by atoms with E-state index in [1.54, 1.807) is 30.3 Å². The number of amides is 4. The second-order valence-electron chi connectivity index (χ2n) is 16.9. The Kier molecular flexibility index (Phi) is 12.2. The number of piperidine rings is 2. The van der Waals surface area contributed by atoms with Gasteiger partial charge >= 0.3 is 0 Å². The molecule has 4 saturated heterocycles. The number of nitrogens with zero attached hydrogens (tertiary/aromatic N) is 5. The molecule has 2 atom stereocenters. The standard InChI is InChI=1S/C45H56N6O8S/c1-4-59-41-25-32(7-13-40(41)58-2)39(29-60(3,56)57)51-44(54)37-11-10-34(26-38(37)45(51)55)49-21-23-50(24-22-49)35-27-47(28-35)18-15-30-16-19-48(20-17-30)33-8-5-31(6-9-33)36-12-14-42(52)46-43(36)53/h5-11,13,25-26,30,35-36,39H,4,12,14-24,27-29H2,1-3H3,(H,46,52,53)/t36?,39-/m1/s1. The first-order valence-electron chi connectivity index (χ1n) is 21.3. The lowest BCUT2D eigenvalue weighted by atomic mass is 9.90. The minimum Gasteiger partial charge on any atom is -0.493 e. The summed E-state index contributed by atoms with van der Waals surface area (Å²) < 4.78 is 36.4. The van der Waals surface area contributed by atoms with Gasteiger partial charge in [-0.1, -0.05) is 18.2 Å². The van der Waals surface area contributed by atoms with Gasteiger partial charge < -0.3 is 24.2 Å². The summed E-state index contributed by atoms with van der Waals surface area (Å²) in [7, 11) is -2.08. The first kappa shape index (κ1) is 41.7. The van der Waals surface area contributed by atoms with Crippen molar-refractivity contribution in [3.63, 3.8) is 0 Å². The van der Waals surface area contributed by atoms with E-state index in [9.17, 15) is 27.6 Å². The van der Waals surface area contributed by atoms with E-state index in [2.05, 4.69) is 37.0 Å². The number of nitrogens with one attached hydrogen (secondary N) is 1. The SMILES string of the molecule is CCOc1cc([C@@H](CS(C)(=O)=O)N2C(=O)c3ccc(N4CCN(C5CN(CCC6CCN(c7ccc(C8CCC(=O)NC8=O)cc7)CC6)C5)CC4)cc3C2=O)ccc1OC. The van der Waals surface area contributed by atoms with Crippen LogP contribution in [0.3, 0.4) is 0 Å². The van der Waals surface area contributed by atoms with E-state index in [4.69, 9.17) is 9.47 Å². The zero-order chi connectivity index (χ0) is 42.1. The Balaban J connectivity index is 0.795. The number of benzene rings is 3. The Labute approximate surface area is 352 Å². The summed E-state index contributed by atoms with van der Waals surface area (Å²) in [6, 6.07) is 18.2. The largest absolute Gasteiger partial charge is 0.493 e. The van der Waals surface area contributed by atoms with Gasteiger partial charge in [0.25, 0.3) is 11.8 Å². The number of ether oxygens (including phenoxy) is 2. The molecule has 0 aliphatic carbocycles. The predicted octanol–water partition coefficient (Wildman–Crippen LogP) is 4.11. The fourth-order valence-electron chi connectivity index (χ4n) is 9.58. The first-order valence-corrected chi connectivity index (χ1v) is 23.4. The fraction of sp³-hybridized carbons (Fsp3) is 0.511. The number of hydrogen-bond donors (Lipinski definition) is 1. The normalized spacial score (nSPS) is 21.5. The topological polar surface area (TPSA) is 149 Å². The molecule has 1 N–H and O–H groups in total. The van der Waals surface area contributed by atoms with Crippen LogP contribution in [0, 0.1) is 5.92 Å². The Morgan fingerprint density at radius 1 is 0.783 bits per heavy atom. The molecule has 4 fully saturated rings. The molecule has 3 aromatic carbocycles. The van der Waals surface area contributed by atoms with Crippen LogP contribution >= 0.6 is 0 Å². The number of likely N-dealkylation sites (tertiary alicyclic amines) is 1. The highest BCUT2D eigenvalue weighted by Crippen LogP contribution is 2.38. The van der Waals surface area contributed by atoms with Crippen molar-refractivity contribution in [3.05, 3.63) is 82.9 Å². The van der Waals surface area contributed by atoms with Crippen LogP contribution in [-0.4, -0.2) is 137 Å². The zero-order valence-corrected chi connectivity index (χ0v) is 35.6.